The van der Waals surface area contributed by atoms with Gasteiger partial charge < -0.3 is 10.0 Å². The summed E-state index contributed by atoms with van der Waals surface area (Å²) in [6, 6.07) is 0. The molecule has 1 unspecified atom stereocenters. The smallest absolute Gasteiger partial charge is 0.308 e. The Labute approximate surface area is 128 Å². The molecule has 0 aromatic rings. The van der Waals surface area contributed by atoms with Gasteiger partial charge in [0.1, 0.15) is 0 Å². The average Bonchev–Trinajstić information content (AvgIpc) is 2.82. The predicted molar refractivity (Wildman–Crippen MR) is 84.2 cm³/mol. The van der Waals surface area contributed by atoms with Crippen LogP contribution in [0.1, 0.15) is 77.6 Å². The predicted octanol–water partition coefficient (Wildman–Crippen LogP) is 3.84. The quantitative estimate of drug-likeness (QED) is 0.557. The highest BCUT2D eigenvalue weighted by Crippen LogP contribution is 2.19. The maximum atomic E-state index is 11.6. The number of hydrogen-bond acceptors (Lipinski definition) is 2. The molecule has 0 spiro atoms. The van der Waals surface area contributed by atoms with Crippen molar-refractivity contribution in [2.45, 2.75) is 77.6 Å². The van der Waals surface area contributed by atoms with Crippen molar-refractivity contribution in [3.05, 3.63) is 0 Å². The van der Waals surface area contributed by atoms with Gasteiger partial charge in [0.15, 0.2) is 0 Å². The van der Waals surface area contributed by atoms with E-state index in [2.05, 4.69) is 6.92 Å². The Hall–Kier alpha value is -1.06. The summed E-state index contributed by atoms with van der Waals surface area (Å²) in [7, 11) is 0. The first-order valence-electron chi connectivity index (χ1n) is 8.65. The molecule has 1 aliphatic heterocycles. The molecule has 0 radical (unpaired) electrons. The minimum absolute atomic E-state index is 0.0123. The second-order valence-electron chi connectivity index (χ2n) is 6.26. The fourth-order valence-corrected chi connectivity index (χ4v) is 2.94. The summed E-state index contributed by atoms with van der Waals surface area (Å²) in [6.07, 6.45) is 13.0. The number of carbonyl (C=O) groups is 2. The summed E-state index contributed by atoms with van der Waals surface area (Å²) in [4.78, 5) is 24.2. The monoisotopic (exact) mass is 297 g/mol. The zero-order valence-corrected chi connectivity index (χ0v) is 13.5. The van der Waals surface area contributed by atoms with Gasteiger partial charge in [-0.15, -0.1) is 0 Å². The maximum absolute atomic E-state index is 11.6. The van der Waals surface area contributed by atoms with Gasteiger partial charge in [0.2, 0.25) is 5.91 Å². The molecule has 1 rings (SSSR count). The molecular formula is C17H31NO3. The van der Waals surface area contributed by atoms with Gasteiger partial charge >= 0.3 is 5.97 Å². The van der Waals surface area contributed by atoms with Crippen LogP contribution in [0.4, 0.5) is 0 Å². The van der Waals surface area contributed by atoms with E-state index in [-0.39, 0.29) is 12.3 Å². The van der Waals surface area contributed by atoms with Crippen LogP contribution in [-0.4, -0.2) is 35.0 Å². The number of carboxylic acids is 1. The number of rotatable bonds is 12. The Morgan fingerprint density at radius 1 is 1.05 bits per heavy atom. The molecule has 4 heteroatoms. The number of amides is 1. The second-order valence-corrected chi connectivity index (χ2v) is 6.26. The molecule has 0 bridgehead atoms. The minimum atomic E-state index is -0.839. The number of aliphatic carboxylic acids is 1. The molecule has 0 aromatic heterocycles. The first-order valence-corrected chi connectivity index (χ1v) is 8.65. The number of unbranched alkanes of at least 4 members (excludes halogenated alkanes) is 9. The van der Waals surface area contributed by atoms with Gasteiger partial charge in [-0.1, -0.05) is 64.7 Å². The standard InChI is InChI=1S/C17H31NO3/c1-2-3-4-5-6-7-8-9-10-11-12-18-14-15(17(20)21)13-16(18)19/h15H,2-14H2,1H3,(H,20,21). The summed E-state index contributed by atoms with van der Waals surface area (Å²) in [5.41, 5.74) is 0. The number of carboxylic acid groups (broad SMARTS) is 1. The summed E-state index contributed by atoms with van der Waals surface area (Å²) in [5, 5.41) is 8.92. The van der Waals surface area contributed by atoms with Gasteiger partial charge in [0, 0.05) is 19.5 Å². The molecule has 0 aromatic carbocycles. The van der Waals surface area contributed by atoms with E-state index >= 15 is 0 Å². The fraction of sp³-hybridized carbons (Fsp3) is 0.882. The zero-order valence-electron chi connectivity index (χ0n) is 13.5. The third-order valence-electron chi connectivity index (χ3n) is 4.35. The number of nitrogens with zero attached hydrogens (tertiary/aromatic N) is 1. The van der Waals surface area contributed by atoms with E-state index in [0.29, 0.717) is 6.54 Å². The number of carbonyl (C=O) groups excluding carboxylic acids is 1. The molecule has 1 aliphatic rings. The summed E-state index contributed by atoms with van der Waals surface area (Å²) < 4.78 is 0. The largest absolute Gasteiger partial charge is 0.481 e. The van der Waals surface area contributed by atoms with Crippen molar-refractivity contribution in [2.75, 3.05) is 13.1 Å². The Morgan fingerprint density at radius 3 is 2.05 bits per heavy atom. The van der Waals surface area contributed by atoms with Crippen molar-refractivity contribution < 1.29 is 14.7 Å². The van der Waals surface area contributed by atoms with Crippen LogP contribution in [0.2, 0.25) is 0 Å². The molecule has 0 saturated carbocycles. The molecule has 1 heterocycles. The average molecular weight is 297 g/mol. The van der Waals surface area contributed by atoms with Gasteiger partial charge in [0.25, 0.3) is 0 Å². The van der Waals surface area contributed by atoms with E-state index in [9.17, 15) is 9.59 Å². The lowest BCUT2D eigenvalue weighted by Crippen LogP contribution is -2.27. The van der Waals surface area contributed by atoms with E-state index in [1.165, 1.54) is 51.4 Å². The lowest BCUT2D eigenvalue weighted by Gasteiger charge is -2.15. The Morgan fingerprint density at radius 2 is 1.57 bits per heavy atom. The molecule has 122 valence electrons. The molecule has 1 atom stereocenters. The highest BCUT2D eigenvalue weighted by Gasteiger charge is 2.33. The van der Waals surface area contributed by atoms with Crippen molar-refractivity contribution in [3.8, 4) is 0 Å². The van der Waals surface area contributed by atoms with Gasteiger partial charge in [-0.05, 0) is 6.42 Å². The van der Waals surface area contributed by atoms with Gasteiger partial charge in [-0.3, -0.25) is 9.59 Å². The van der Waals surface area contributed by atoms with E-state index in [1.54, 1.807) is 4.90 Å². The summed E-state index contributed by atoms with van der Waals surface area (Å²) >= 11 is 0. The van der Waals surface area contributed by atoms with Crippen molar-refractivity contribution in [2.24, 2.45) is 5.92 Å². The Bertz CT molecular complexity index is 317. The van der Waals surface area contributed by atoms with Crippen molar-refractivity contribution >= 4 is 11.9 Å². The van der Waals surface area contributed by atoms with Gasteiger partial charge in [0.05, 0.1) is 5.92 Å². The van der Waals surface area contributed by atoms with Crippen LogP contribution < -0.4 is 0 Å². The maximum Gasteiger partial charge on any atom is 0.308 e. The van der Waals surface area contributed by atoms with Crippen molar-refractivity contribution in [3.63, 3.8) is 0 Å². The van der Waals surface area contributed by atoms with Crippen LogP contribution in [0.25, 0.3) is 0 Å². The minimum Gasteiger partial charge on any atom is -0.481 e. The molecule has 0 aliphatic carbocycles. The van der Waals surface area contributed by atoms with Crippen LogP contribution in [0.5, 0.6) is 0 Å². The van der Waals surface area contributed by atoms with Crippen LogP contribution in [0.3, 0.4) is 0 Å². The van der Waals surface area contributed by atoms with Gasteiger partial charge in [-0.25, -0.2) is 0 Å². The first kappa shape index (κ1) is 18.0. The Kier molecular flexibility index (Phi) is 9.11. The van der Waals surface area contributed by atoms with E-state index in [0.717, 1.165) is 19.4 Å². The molecule has 1 amide bonds. The third kappa shape index (κ3) is 7.49. The molecule has 1 N–H and O–H groups in total. The van der Waals surface area contributed by atoms with Crippen LogP contribution >= 0.6 is 0 Å². The molecular weight excluding hydrogens is 266 g/mol. The van der Waals surface area contributed by atoms with E-state index in [1.807, 2.05) is 0 Å². The third-order valence-corrected chi connectivity index (χ3v) is 4.35. The second kappa shape index (κ2) is 10.6. The van der Waals surface area contributed by atoms with Gasteiger partial charge in [-0.2, -0.15) is 0 Å². The topological polar surface area (TPSA) is 57.6 Å². The van der Waals surface area contributed by atoms with Crippen molar-refractivity contribution in [1.82, 2.24) is 4.90 Å². The summed E-state index contributed by atoms with van der Waals surface area (Å²) in [6.45, 7) is 3.38. The van der Waals surface area contributed by atoms with Crippen LogP contribution in [0, 0.1) is 5.92 Å². The molecule has 4 nitrogen and oxygen atoms in total. The van der Waals surface area contributed by atoms with Crippen LogP contribution in [-0.2, 0) is 9.59 Å². The lowest BCUT2D eigenvalue weighted by molar-refractivity contribution is -0.141. The lowest BCUT2D eigenvalue weighted by atomic mass is 10.1. The highest BCUT2D eigenvalue weighted by atomic mass is 16.4. The van der Waals surface area contributed by atoms with E-state index < -0.39 is 11.9 Å². The molecule has 1 saturated heterocycles. The van der Waals surface area contributed by atoms with Crippen LogP contribution in [0.15, 0.2) is 0 Å². The number of hydrogen-bond donors (Lipinski definition) is 1. The number of likely N-dealkylation sites (tertiary alicyclic amines) is 1. The first-order chi connectivity index (χ1) is 10.1. The molecule has 1 fully saturated rings. The SMILES string of the molecule is CCCCCCCCCCCCN1CC(C(=O)O)CC1=O. The highest BCUT2D eigenvalue weighted by molar-refractivity contribution is 5.86. The zero-order chi connectivity index (χ0) is 15.5. The molecule has 21 heavy (non-hydrogen) atoms. The summed E-state index contributed by atoms with van der Waals surface area (Å²) in [5.74, 6) is -1.31. The normalized spacial score (nSPS) is 18.4. The van der Waals surface area contributed by atoms with E-state index in [4.69, 9.17) is 5.11 Å². The fourth-order valence-electron chi connectivity index (χ4n) is 2.94. The van der Waals surface area contributed by atoms with Crippen molar-refractivity contribution in [1.29, 1.82) is 0 Å². The Balaban J connectivity index is 1.93.